The van der Waals surface area contributed by atoms with Crippen molar-refractivity contribution < 1.29 is 12.8 Å². The van der Waals surface area contributed by atoms with E-state index >= 15 is 4.39 Å². The van der Waals surface area contributed by atoms with Crippen molar-refractivity contribution in [2.75, 3.05) is 19.3 Å². The molecule has 8 heteroatoms. The molecule has 2 aliphatic rings. The summed E-state index contributed by atoms with van der Waals surface area (Å²) in [6.45, 7) is 11.3. The molecule has 2 fully saturated rings. The number of hydrogen-bond acceptors (Lipinski definition) is 5. The van der Waals surface area contributed by atoms with Gasteiger partial charge in [-0.15, -0.1) is 0 Å². The molecular weight excluding hydrogens is 499 g/mol. The Hall–Kier alpha value is -2.29. The van der Waals surface area contributed by atoms with E-state index in [0.717, 1.165) is 37.1 Å². The molecule has 3 heterocycles. The Morgan fingerprint density at radius 1 is 1.08 bits per heavy atom. The number of H-pyrrole nitrogens is 1. The molecule has 206 valence electrons. The monoisotopic (exact) mass is 540 g/mol. The van der Waals surface area contributed by atoms with Gasteiger partial charge >= 0.3 is 0 Å². The average molecular weight is 541 g/mol. The molecule has 2 aromatic carbocycles. The minimum Gasteiger partial charge on any atom is -0.336 e. The van der Waals surface area contributed by atoms with E-state index < -0.39 is 9.84 Å². The van der Waals surface area contributed by atoms with Crippen LogP contribution in [0.3, 0.4) is 0 Å². The van der Waals surface area contributed by atoms with Gasteiger partial charge < -0.3 is 9.88 Å². The van der Waals surface area contributed by atoms with E-state index in [4.69, 9.17) is 0 Å². The molecule has 0 saturated carbocycles. The van der Waals surface area contributed by atoms with Gasteiger partial charge in [0.1, 0.15) is 11.3 Å². The predicted molar refractivity (Wildman–Crippen MR) is 152 cm³/mol. The van der Waals surface area contributed by atoms with Crippen LogP contribution in [0.2, 0.25) is 0 Å². The van der Waals surface area contributed by atoms with Gasteiger partial charge in [0.15, 0.2) is 15.7 Å². The molecule has 1 N–H and O–H groups in total. The van der Waals surface area contributed by atoms with Crippen LogP contribution in [0.15, 0.2) is 41.3 Å². The zero-order valence-corrected chi connectivity index (χ0v) is 24.1. The zero-order valence-electron chi connectivity index (χ0n) is 23.2. The van der Waals surface area contributed by atoms with Crippen LogP contribution in [0, 0.1) is 5.82 Å². The molecule has 3 atom stereocenters. The van der Waals surface area contributed by atoms with Crippen molar-refractivity contribution in [3.8, 4) is 11.4 Å². The Labute approximate surface area is 226 Å². The van der Waals surface area contributed by atoms with Gasteiger partial charge in [-0.25, -0.2) is 17.8 Å². The summed E-state index contributed by atoms with van der Waals surface area (Å²) in [5.74, 6) is 0.530. The van der Waals surface area contributed by atoms with Crippen LogP contribution in [0.25, 0.3) is 22.4 Å². The van der Waals surface area contributed by atoms with Gasteiger partial charge in [-0.1, -0.05) is 13.0 Å². The highest BCUT2D eigenvalue weighted by molar-refractivity contribution is 7.90. The normalized spacial score (nSPS) is 24.4. The lowest BCUT2D eigenvalue weighted by atomic mass is 9.84. The number of hydrogen-bond donors (Lipinski definition) is 1. The van der Waals surface area contributed by atoms with Crippen molar-refractivity contribution in [2.45, 2.75) is 94.8 Å². The molecule has 38 heavy (non-hydrogen) atoms. The molecular formula is C30H41FN4O2S. The number of sulfone groups is 1. The number of piperidine rings is 2. The lowest BCUT2D eigenvalue weighted by Crippen LogP contribution is -2.56. The number of benzene rings is 2. The summed E-state index contributed by atoms with van der Waals surface area (Å²) in [5, 5.41) is 0. The topological polar surface area (TPSA) is 69.3 Å². The number of aromatic nitrogens is 2. The zero-order chi connectivity index (χ0) is 27.2. The van der Waals surface area contributed by atoms with E-state index in [2.05, 4.69) is 47.5 Å². The lowest BCUT2D eigenvalue weighted by Gasteiger charge is -2.50. The maximum atomic E-state index is 15.8. The molecule has 0 aliphatic carbocycles. The van der Waals surface area contributed by atoms with Gasteiger partial charge in [0.2, 0.25) is 0 Å². The van der Waals surface area contributed by atoms with Gasteiger partial charge in [-0.3, -0.25) is 4.90 Å². The van der Waals surface area contributed by atoms with E-state index in [1.54, 1.807) is 24.3 Å². The van der Waals surface area contributed by atoms with E-state index in [0.29, 0.717) is 41.0 Å². The SMILES string of the molecule is CCC1CC(N2CCC(c3ccc4nc(-c5ccc(S(C)(=O)=O)cc5)[nH]c4c3F)CC2)CC(C)N1C(C)C. The predicted octanol–water partition coefficient (Wildman–Crippen LogP) is 5.99. The maximum Gasteiger partial charge on any atom is 0.175 e. The molecule has 1 aromatic heterocycles. The van der Waals surface area contributed by atoms with Gasteiger partial charge in [-0.05, 0) is 108 Å². The number of nitrogens with one attached hydrogen (secondary N) is 1. The molecule has 0 spiro atoms. The van der Waals surface area contributed by atoms with Crippen LogP contribution in [-0.4, -0.2) is 71.7 Å². The highest BCUT2D eigenvalue weighted by Gasteiger charge is 2.37. The van der Waals surface area contributed by atoms with Crippen LogP contribution >= 0.6 is 0 Å². The number of likely N-dealkylation sites (tertiary alicyclic amines) is 2. The van der Waals surface area contributed by atoms with Gasteiger partial charge in [-0.2, -0.15) is 0 Å². The van der Waals surface area contributed by atoms with Crippen LogP contribution < -0.4 is 0 Å². The number of nitrogens with zero attached hydrogens (tertiary/aromatic N) is 3. The highest BCUT2D eigenvalue weighted by atomic mass is 32.2. The summed E-state index contributed by atoms with van der Waals surface area (Å²) >= 11 is 0. The fraction of sp³-hybridized carbons (Fsp3) is 0.567. The Balaban J connectivity index is 1.29. The molecule has 3 aromatic rings. The lowest BCUT2D eigenvalue weighted by molar-refractivity contribution is -0.000247. The van der Waals surface area contributed by atoms with Gasteiger partial charge in [0, 0.05) is 36.0 Å². The first-order valence-electron chi connectivity index (χ1n) is 14.1. The molecule has 6 nitrogen and oxygen atoms in total. The molecule has 2 aliphatic heterocycles. The van der Waals surface area contributed by atoms with E-state index in [-0.39, 0.29) is 16.6 Å². The summed E-state index contributed by atoms with van der Waals surface area (Å²) in [6.07, 6.45) is 6.74. The molecule has 3 unspecified atom stereocenters. The van der Waals surface area contributed by atoms with Crippen LogP contribution in [0.4, 0.5) is 4.39 Å². The fourth-order valence-corrected chi connectivity index (χ4v) is 7.59. The second-order valence-corrected chi connectivity index (χ2v) is 13.6. The van der Waals surface area contributed by atoms with Crippen molar-refractivity contribution in [3.05, 3.63) is 47.8 Å². The number of imidazole rings is 1. The smallest absolute Gasteiger partial charge is 0.175 e. The Bertz CT molecular complexity index is 1380. The first kappa shape index (κ1) is 27.3. The van der Waals surface area contributed by atoms with Crippen LogP contribution in [0.5, 0.6) is 0 Å². The van der Waals surface area contributed by atoms with Gasteiger partial charge in [0.25, 0.3) is 0 Å². The minimum absolute atomic E-state index is 0.201. The van der Waals surface area contributed by atoms with Crippen molar-refractivity contribution in [3.63, 3.8) is 0 Å². The highest BCUT2D eigenvalue weighted by Crippen LogP contribution is 2.37. The van der Waals surface area contributed by atoms with E-state index in [1.807, 2.05) is 12.1 Å². The molecule has 0 radical (unpaired) electrons. The number of halogens is 1. The third-order valence-corrected chi connectivity index (χ3v) is 9.95. The second-order valence-electron chi connectivity index (χ2n) is 11.6. The van der Waals surface area contributed by atoms with Crippen molar-refractivity contribution in [1.82, 2.24) is 19.8 Å². The molecule has 5 rings (SSSR count). The van der Waals surface area contributed by atoms with Crippen molar-refractivity contribution in [1.29, 1.82) is 0 Å². The van der Waals surface area contributed by atoms with Crippen LogP contribution in [0.1, 0.15) is 71.3 Å². The summed E-state index contributed by atoms with van der Waals surface area (Å²) in [4.78, 5) is 13.4. The third kappa shape index (κ3) is 5.27. The average Bonchev–Trinajstić information content (AvgIpc) is 3.33. The Kier molecular flexibility index (Phi) is 7.68. The summed E-state index contributed by atoms with van der Waals surface area (Å²) in [7, 11) is -3.27. The maximum absolute atomic E-state index is 15.8. The quantitative estimate of drug-likeness (QED) is 0.416. The molecule has 0 amide bonds. The second kappa shape index (κ2) is 10.7. The first-order chi connectivity index (χ1) is 18.1. The third-order valence-electron chi connectivity index (χ3n) is 8.82. The summed E-state index contributed by atoms with van der Waals surface area (Å²) in [5.41, 5.74) is 2.51. The van der Waals surface area contributed by atoms with Crippen molar-refractivity contribution in [2.24, 2.45) is 0 Å². The summed E-state index contributed by atoms with van der Waals surface area (Å²) < 4.78 is 39.3. The number of aromatic amines is 1. The van der Waals surface area contributed by atoms with E-state index in [1.165, 1.54) is 25.5 Å². The van der Waals surface area contributed by atoms with E-state index in [9.17, 15) is 8.42 Å². The summed E-state index contributed by atoms with van der Waals surface area (Å²) in [6, 6.07) is 12.8. The van der Waals surface area contributed by atoms with Crippen molar-refractivity contribution >= 4 is 20.9 Å². The number of rotatable bonds is 6. The number of fused-ring (bicyclic) bond motifs is 1. The largest absolute Gasteiger partial charge is 0.336 e. The van der Waals surface area contributed by atoms with Crippen LogP contribution in [-0.2, 0) is 9.84 Å². The Morgan fingerprint density at radius 3 is 2.37 bits per heavy atom. The van der Waals surface area contributed by atoms with Gasteiger partial charge in [0.05, 0.1) is 10.4 Å². The fourth-order valence-electron chi connectivity index (χ4n) is 6.96. The molecule has 0 bridgehead atoms. The Morgan fingerprint density at radius 2 is 1.76 bits per heavy atom. The molecule has 2 saturated heterocycles. The minimum atomic E-state index is -3.27. The standard InChI is InChI=1S/C30H41FN4O2S/c1-6-23-18-24(17-20(4)35(23)19(2)3)34-15-13-21(14-16-34)26-11-12-27-29(28(26)31)33-30(32-27)22-7-9-25(10-8-22)38(5,36)37/h7-12,19-21,23-24H,6,13-18H2,1-5H3,(H,32,33). The first-order valence-corrected chi connectivity index (χ1v) is 16.0.